The Bertz CT molecular complexity index is 455. The quantitative estimate of drug-likeness (QED) is 0.872. The van der Waals surface area contributed by atoms with Crippen molar-refractivity contribution in [2.75, 3.05) is 13.2 Å². The summed E-state index contributed by atoms with van der Waals surface area (Å²) in [5.74, 6) is 0.552. The summed E-state index contributed by atoms with van der Waals surface area (Å²) in [6, 6.07) is 6.82. The molecule has 1 fully saturated rings. The van der Waals surface area contributed by atoms with Crippen LogP contribution in [0.4, 0.5) is 4.39 Å². The molecule has 18 heavy (non-hydrogen) atoms. The second-order valence-corrected chi connectivity index (χ2v) is 4.82. The maximum absolute atomic E-state index is 13.7. The third-order valence-electron chi connectivity index (χ3n) is 3.54. The number of aliphatic imine (C=N–C) groups is 1. The Balaban J connectivity index is 1.77. The van der Waals surface area contributed by atoms with E-state index < -0.39 is 0 Å². The number of ether oxygens (including phenoxy) is 1. The lowest BCUT2D eigenvalue weighted by atomic mass is 10.0. The highest BCUT2D eigenvalue weighted by Gasteiger charge is 2.28. The van der Waals surface area contributed by atoms with E-state index in [4.69, 9.17) is 4.74 Å². The molecule has 0 bridgehead atoms. The second-order valence-electron chi connectivity index (χ2n) is 4.82. The highest BCUT2D eigenvalue weighted by atomic mass is 19.1. The first-order valence-corrected chi connectivity index (χ1v) is 6.53. The molecule has 1 aromatic rings. The lowest BCUT2D eigenvalue weighted by Crippen LogP contribution is -2.40. The van der Waals surface area contributed by atoms with Gasteiger partial charge in [-0.1, -0.05) is 24.6 Å². The van der Waals surface area contributed by atoms with Crippen molar-refractivity contribution in [2.24, 2.45) is 4.99 Å². The van der Waals surface area contributed by atoms with Crippen molar-refractivity contribution in [1.29, 1.82) is 0 Å². The van der Waals surface area contributed by atoms with Gasteiger partial charge >= 0.3 is 0 Å². The van der Waals surface area contributed by atoms with E-state index in [1.54, 1.807) is 12.1 Å². The van der Waals surface area contributed by atoms with Gasteiger partial charge in [-0.15, -0.1) is 0 Å². The number of hydrogen-bond donors (Lipinski definition) is 1. The molecule has 0 spiro atoms. The molecule has 2 unspecified atom stereocenters. The number of rotatable bonds is 2. The van der Waals surface area contributed by atoms with E-state index in [1.807, 2.05) is 6.07 Å². The fraction of sp³-hybridized carbons (Fsp3) is 0.500. The fourth-order valence-electron chi connectivity index (χ4n) is 2.55. The van der Waals surface area contributed by atoms with Gasteiger partial charge in [-0.2, -0.15) is 0 Å². The number of hydrogen-bond acceptors (Lipinski definition) is 3. The van der Waals surface area contributed by atoms with Crippen LogP contribution in [0, 0.1) is 5.82 Å². The lowest BCUT2D eigenvalue weighted by Gasteiger charge is -2.22. The van der Waals surface area contributed by atoms with Crippen molar-refractivity contribution < 1.29 is 9.13 Å². The minimum absolute atomic E-state index is 0.190. The van der Waals surface area contributed by atoms with Crippen molar-refractivity contribution in [3.8, 4) is 0 Å². The molecule has 0 radical (unpaired) electrons. The molecule has 3 nitrogen and oxygen atoms in total. The van der Waals surface area contributed by atoms with Crippen LogP contribution < -0.4 is 5.32 Å². The van der Waals surface area contributed by atoms with Crippen molar-refractivity contribution in [1.82, 2.24) is 5.32 Å². The zero-order valence-corrected chi connectivity index (χ0v) is 10.2. The van der Waals surface area contributed by atoms with Crippen LogP contribution in [0.1, 0.15) is 30.9 Å². The van der Waals surface area contributed by atoms with Crippen LogP contribution in [0.2, 0.25) is 0 Å². The van der Waals surface area contributed by atoms with Crippen LogP contribution in [0.3, 0.4) is 0 Å². The van der Waals surface area contributed by atoms with Crippen molar-refractivity contribution >= 4 is 5.90 Å². The van der Waals surface area contributed by atoms with E-state index in [2.05, 4.69) is 10.3 Å². The average Bonchev–Trinajstić information content (AvgIpc) is 2.90. The van der Waals surface area contributed by atoms with Crippen LogP contribution in [0.15, 0.2) is 29.3 Å². The lowest BCUT2D eigenvalue weighted by molar-refractivity contribution is 0.291. The van der Waals surface area contributed by atoms with Crippen LogP contribution in [0.5, 0.6) is 0 Å². The summed E-state index contributed by atoms with van der Waals surface area (Å²) in [4.78, 5) is 4.53. The number of halogens is 1. The molecule has 1 aromatic carbocycles. The Morgan fingerprint density at radius 3 is 2.94 bits per heavy atom. The largest absolute Gasteiger partial charge is 0.477 e. The van der Waals surface area contributed by atoms with Crippen LogP contribution >= 0.6 is 0 Å². The molecule has 0 aliphatic carbocycles. The maximum Gasteiger partial charge on any atom is 0.201 e. The Morgan fingerprint density at radius 2 is 2.17 bits per heavy atom. The monoisotopic (exact) mass is 248 g/mol. The molecular formula is C14H17FN2O. The molecule has 0 aromatic heterocycles. The Labute approximate surface area is 106 Å². The fourth-order valence-corrected chi connectivity index (χ4v) is 2.55. The van der Waals surface area contributed by atoms with Gasteiger partial charge in [-0.3, -0.25) is 0 Å². The van der Waals surface area contributed by atoms with Gasteiger partial charge in [0.05, 0.1) is 6.04 Å². The Hall–Kier alpha value is -1.42. The molecule has 2 aliphatic rings. The summed E-state index contributed by atoms with van der Waals surface area (Å²) in [6.45, 7) is 1.46. The van der Waals surface area contributed by atoms with E-state index in [1.165, 1.54) is 18.9 Å². The molecule has 1 N–H and O–H groups in total. The van der Waals surface area contributed by atoms with Crippen LogP contribution in [-0.4, -0.2) is 25.1 Å². The van der Waals surface area contributed by atoms with Gasteiger partial charge in [0.1, 0.15) is 18.5 Å². The number of nitrogens with one attached hydrogen (secondary N) is 1. The predicted octanol–water partition coefficient (Wildman–Crippen LogP) is 2.44. The average molecular weight is 248 g/mol. The molecule has 4 heteroatoms. The van der Waals surface area contributed by atoms with E-state index in [9.17, 15) is 4.39 Å². The van der Waals surface area contributed by atoms with Gasteiger partial charge in [0.25, 0.3) is 0 Å². The summed E-state index contributed by atoms with van der Waals surface area (Å²) >= 11 is 0. The summed E-state index contributed by atoms with van der Waals surface area (Å²) in [7, 11) is 0. The zero-order chi connectivity index (χ0) is 12.4. The van der Waals surface area contributed by atoms with Gasteiger partial charge in [0.15, 0.2) is 0 Å². The van der Waals surface area contributed by atoms with Gasteiger partial charge in [0.2, 0.25) is 5.90 Å². The summed E-state index contributed by atoms with van der Waals surface area (Å²) < 4.78 is 19.3. The molecule has 2 aliphatic heterocycles. The van der Waals surface area contributed by atoms with Crippen molar-refractivity contribution in [2.45, 2.75) is 31.3 Å². The number of benzene rings is 1. The molecule has 0 amide bonds. The third-order valence-corrected chi connectivity index (χ3v) is 3.54. The van der Waals surface area contributed by atoms with Crippen molar-refractivity contribution in [3.63, 3.8) is 0 Å². The minimum Gasteiger partial charge on any atom is -0.477 e. The standard InChI is InChI=1S/C14H17FN2O/c15-11-6-2-1-5-10(11)13-9-18-14(17-13)12-7-3-4-8-16-12/h1-2,5-6,12-13,16H,3-4,7-9H2. The summed E-state index contributed by atoms with van der Waals surface area (Å²) in [5, 5.41) is 3.40. The molecule has 96 valence electrons. The molecular weight excluding hydrogens is 231 g/mol. The summed E-state index contributed by atoms with van der Waals surface area (Å²) in [6.07, 6.45) is 3.47. The maximum atomic E-state index is 13.7. The molecule has 2 heterocycles. The van der Waals surface area contributed by atoms with E-state index in [0.717, 1.165) is 18.9 Å². The van der Waals surface area contributed by atoms with Crippen LogP contribution in [-0.2, 0) is 4.74 Å². The van der Waals surface area contributed by atoms with Crippen molar-refractivity contribution in [3.05, 3.63) is 35.6 Å². The SMILES string of the molecule is Fc1ccccc1C1COC(C2CCCCN2)=N1. The Kier molecular flexibility index (Phi) is 3.28. The van der Waals surface area contributed by atoms with Gasteiger partial charge in [0, 0.05) is 5.56 Å². The molecule has 2 atom stereocenters. The second kappa shape index (κ2) is 5.06. The molecule has 0 saturated carbocycles. The topological polar surface area (TPSA) is 33.6 Å². The van der Waals surface area contributed by atoms with E-state index in [-0.39, 0.29) is 17.9 Å². The first-order chi connectivity index (χ1) is 8.84. The highest BCUT2D eigenvalue weighted by molar-refractivity contribution is 5.83. The molecule has 1 saturated heterocycles. The molecule has 3 rings (SSSR count). The van der Waals surface area contributed by atoms with E-state index >= 15 is 0 Å². The Morgan fingerprint density at radius 1 is 1.28 bits per heavy atom. The number of piperidine rings is 1. The first-order valence-electron chi connectivity index (χ1n) is 6.53. The normalized spacial score (nSPS) is 27.7. The minimum atomic E-state index is -0.201. The van der Waals surface area contributed by atoms with Gasteiger partial charge in [-0.25, -0.2) is 9.38 Å². The van der Waals surface area contributed by atoms with Crippen LogP contribution in [0.25, 0.3) is 0 Å². The first kappa shape index (κ1) is 11.7. The van der Waals surface area contributed by atoms with E-state index in [0.29, 0.717) is 12.2 Å². The zero-order valence-electron chi connectivity index (χ0n) is 10.2. The smallest absolute Gasteiger partial charge is 0.201 e. The number of nitrogens with zero attached hydrogens (tertiary/aromatic N) is 1. The predicted molar refractivity (Wildman–Crippen MR) is 68.2 cm³/mol. The van der Waals surface area contributed by atoms with Gasteiger partial charge in [-0.05, 0) is 25.5 Å². The highest BCUT2D eigenvalue weighted by Crippen LogP contribution is 2.27. The summed E-state index contributed by atoms with van der Waals surface area (Å²) in [5.41, 5.74) is 0.628. The van der Waals surface area contributed by atoms with Gasteiger partial charge < -0.3 is 10.1 Å². The third kappa shape index (κ3) is 2.25.